The van der Waals surface area contributed by atoms with Gasteiger partial charge in [-0.15, -0.1) is 0 Å². The molecule has 12 heteroatoms. The smallest absolute Gasteiger partial charge is 0.345 e. The first kappa shape index (κ1) is 30.3. The van der Waals surface area contributed by atoms with Crippen molar-refractivity contribution in [2.24, 2.45) is 0 Å². The van der Waals surface area contributed by atoms with E-state index in [1.165, 1.54) is 18.5 Å². The van der Waals surface area contributed by atoms with Gasteiger partial charge in [0.2, 0.25) is 5.91 Å². The number of nitrogens with one attached hydrogen (secondary N) is 2. The predicted molar refractivity (Wildman–Crippen MR) is 158 cm³/mol. The molecule has 0 atom stereocenters. The maximum absolute atomic E-state index is 15.4. The standard InChI is InChI=1S/C27H30BrF3N4O3S/c1-39(2,3,4)14-10-18-7-5-8-20(25(18)29)35-26-19-15-22(34-24(36)9-6-11-28)23(16-21(19)32-17-33-26)37-12-13-38-27(30)31/h5-9,15-17,27,39H,11-13H2,1-4H3,(H,34,36)(H,32,33,35)/b9-6+. The van der Waals surface area contributed by atoms with E-state index in [4.69, 9.17) is 4.74 Å². The van der Waals surface area contributed by atoms with Crippen LogP contribution in [0, 0.1) is 17.0 Å². The third-order valence-electron chi connectivity index (χ3n) is 4.83. The van der Waals surface area contributed by atoms with Crippen molar-refractivity contribution in [1.29, 1.82) is 0 Å². The summed E-state index contributed by atoms with van der Waals surface area (Å²) in [7, 11) is -2.18. The molecule has 1 amide bonds. The minimum Gasteiger partial charge on any atom is -0.489 e. The Balaban J connectivity index is 2.00. The van der Waals surface area contributed by atoms with Gasteiger partial charge in [-0.05, 0) is 43.2 Å². The van der Waals surface area contributed by atoms with Crippen LogP contribution in [0.1, 0.15) is 5.56 Å². The van der Waals surface area contributed by atoms with Crippen molar-refractivity contribution in [1.82, 2.24) is 9.97 Å². The number of alkyl halides is 3. The zero-order valence-electron chi connectivity index (χ0n) is 21.9. The lowest BCUT2D eigenvalue weighted by Crippen LogP contribution is -2.13. The Kier molecular flexibility index (Phi) is 9.88. The Bertz CT molecular complexity index is 1440. The molecule has 0 saturated carbocycles. The Morgan fingerprint density at radius 1 is 1.15 bits per heavy atom. The number of halogens is 4. The van der Waals surface area contributed by atoms with E-state index in [0.29, 0.717) is 16.2 Å². The van der Waals surface area contributed by atoms with Crippen LogP contribution in [-0.2, 0) is 9.53 Å². The number of ether oxygens (including phenoxy) is 2. The average molecular weight is 628 g/mol. The van der Waals surface area contributed by atoms with Crippen LogP contribution in [0.5, 0.6) is 5.75 Å². The fourth-order valence-electron chi connectivity index (χ4n) is 3.15. The van der Waals surface area contributed by atoms with Crippen molar-refractivity contribution >= 4 is 59.1 Å². The number of thiol groups is 1. The molecule has 0 bridgehead atoms. The highest BCUT2D eigenvalue weighted by Gasteiger charge is 2.16. The summed E-state index contributed by atoms with van der Waals surface area (Å²) in [6.07, 6.45) is 12.6. The molecule has 1 aromatic heterocycles. The molecule has 0 aliphatic carbocycles. The number of rotatable bonds is 10. The number of aromatic nitrogens is 2. The van der Waals surface area contributed by atoms with Crippen molar-refractivity contribution in [2.75, 3.05) is 54.2 Å². The highest BCUT2D eigenvalue weighted by Crippen LogP contribution is 2.54. The molecule has 0 unspecified atom stereocenters. The third-order valence-corrected chi connectivity index (χ3v) is 6.21. The minimum absolute atomic E-state index is 0.164. The second-order valence-corrected chi connectivity index (χ2v) is 18.2. The highest BCUT2D eigenvalue weighted by atomic mass is 79.9. The number of fused-ring (bicyclic) bond motifs is 1. The van der Waals surface area contributed by atoms with Crippen LogP contribution < -0.4 is 15.4 Å². The molecular formula is C27H30BrF3N4O3S. The van der Waals surface area contributed by atoms with Gasteiger partial charge in [-0.25, -0.2) is 23.5 Å². The molecule has 0 radical (unpaired) electrons. The Morgan fingerprint density at radius 3 is 2.62 bits per heavy atom. The topological polar surface area (TPSA) is 85.4 Å². The third kappa shape index (κ3) is 9.45. The number of anilines is 3. The van der Waals surface area contributed by atoms with Crippen LogP contribution >= 0.6 is 25.1 Å². The quantitative estimate of drug-likeness (QED) is 0.0851. The van der Waals surface area contributed by atoms with E-state index >= 15 is 4.39 Å². The normalized spacial score (nSPS) is 12.6. The van der Waals surface area contributed by atoms with Crippen molar-refractivity contribution in [3.63, 3.8) is 0 Å². The van der Waals surface area contributed by atoms with Gasteiger partial charge in [-0.2, -0.15) is 8.78 Å². The molecule has 210 valence electrons. The van der Waals surface area contributed by atoms with Crippen LogP contribution in [-0.4, -0.2) is 66.1 Å². The fourth-order valence-corrected chi connectivity index (χ4v) is 3.91. The highest BCUT2D eigenvalue weighted by molar-refractivity contribution is 9.09. The number of hydrogen-bond acceptors (Lipinski definition) is 6. The Labute approximate surface area is 234 Å². The second kappa shape index (κ2) is 12.7. The maximum atomic E-state index is 15.4. The summed E-state index contributed by atoms with van der Waals surface area (Å²) in [5.74, 6) is 2.47. The lowest BCUT2D eigenvalue weighted by molar-refractivity contribution is -0.133. The Hall–Kier alpha value is -3.27. The number of nitrogens with zero attached hydrogens (tertiary/aromatic N) is 2. The van der Waals surface area contributed by atoms with E-state index in [0.717, 1.165) is 0 Å². The summed E-state index contributed by atoms with van der Waals surface area (Å²) >= 11 is 3.21. The van der Waals surface area contributed by atoms with Gasteiger partial charge >= 0.3 is 6.61 Å². The molecule has 0 fully saturated rings. The van der Waals surface area contributed by atoms with Crippen LogP contribution in [0.2, 0.25) is 0 Å². The van der Waals surface area contributed by atoms with Gasteiger partial charge in [0, 0.05) is 22.9 Å². The number of hydrogen-bond donors (Lipinski definition) is 3. The van der Waals surface area contributed by atoms with Crippen molar-refractivity contribution in [3.05, 3.63) is 60.2 Å². The summed E-state index contributed by atoms with van der Waals surface area (Å²) in [4.78, 5) is 20.9. The van der Waals surface area contributed by atoms with E-state index in [1.807, 2.05) is 0 Å². The van der Waals surface area contributed by atoms with Gasteiger partial charge in [0.1, 0.15) is 24.5 Å². The van der Waals surface area contributed by atoms with E-state index in [2.05, 4.69) is 77.5 Å². The summed E-state index contributed by atoms with van der Waals surface area (Å²) < 4.78 is 49.9. The minimum atomic E-state index is -2.93. The molecule has 1 heterocycles. The molecule has 0 aliphatic rings. The molecule has 3 aromatic rings. The summed E-state index contributed by atoms with van der Waals surface area (Å²) in [6, 6.07) is 7.97. The molecule has 0 saturated heterocycles. The number of allylic oxidation sites excluding steroid dienone is 1. The van der Waals surface area contributed by atoms with Gasteiger partial charge in [-0.3, -0.25) is 4.79 Å². The zero-order valence-corrected chi connectivity index (χ0v) is 24.4. The number of amides is 1. The number of benzene rings is 2. The fraction of sp³-hybridized carbons (Fsp3) is 0.296. The van der Waals surface area contributed by atoms with Gasteiger partial charge in [-0.1, -0.05) is 39.2 Å². The van der Waals surface area contributed by atoms with Crippen LogP contribution in [0.15, 0.2) is 48.8 Å². The van der Waals surface area contributed by atoms with Crippen molar-refractivity contribution in [3.8, 4) is 16.9 Å². The largest absolute Gasteiger partial charge is 0.489 e. The monoisotopic (exact) mass is 626 g/mol. The van der Waals surface area contributed by atoms with E-state index < -0.39 is 27.5 Å². The van der Waals surface area contributed by atoms with E-state index in [9.17, 15) is 13.6 Å². The second-order valence-electron chi connectivity index (χ2n) is 10.2. The van der Waals surface area contributed by atoms with E-state index in [-0.39, 0.29) is 41.7 Å². The molecule has 39 heavy (non-hydrogen) atoms. The summed E-state index contributed by atoms with van der Waals surface area (Å²) in [5, 5.41) is 9.85. The lowest BCUT2D eigenvalue weighted by Gasteiger charge is -2.40. The molecule has 0 spiro atoms. The summed E-state index contributed by atoms with van der Waals surface area (Å²) in [5.41, 5.74) is 1.07. The summed E-state index contributed by atoms with van der Waals surface area (Å²) in [6.45, 7) is -3.48. The molecule has 7 nitrogen and oxygen atoms in total. The molecular weight excluding hydrogens is 597 g/mol. The molecule has 0 aliphatic heterocycles. The Morgan fingerprint density at radius 2 is 1.92 bits per heavy atom. The SMILES string of the molecule is C[SH](C)(C)(C)C#Cc1cccc(Nc2ncnc3cc(OCCOC(F)F)c(NC(=O)/C=C/CBr)cc23)c1F. The lowest BCUT2D eigenvalue weighted by atomic mass is 10.1. The average Bonchev–Trinajstić information content (AvgIpc) is 2.85. The van der Waals surface area contributed by atoms with Gasteiger partial charge in [0.25, 0.3) is 0 Å². The van der Waals surface area contributed by atoms with E-state index in [1.54, 1.807) is 30.3 Å². The first-order chi connectivity index (χ1) is 18.3. The predicted octanol–water partition coefficient (Wildman–Crippen LogP) is 5.92. The number of carbonyl (C=O) groups is 1. The first-order valence-electron chi connectivity index (χ1n) is 11.8. The van der Waals surface area contributed by atoms with Gasteiger partial charge in [0.15, 0.2) is 5.82 Å². The number of carbonyl (C=O) groups excluding carboxylic acids is 1. The van der Waals surface area contributed by atoms with Gasteiger partial charge in [0.05, 0.1) is 29.1 Å². The van der Waals surface area contributed by atoms with Crippen molar-refractivity contribution < 1.29 is 27.4 Å². The zero-order chi connectivity index (χ0) is 28.7. The van der Waals surface area contributed by atoms with Crippen LogP contribution in [0.4, 0.5) is 30.4 Å². The first-order valence-corrected chi connectivity index (χ1v) is 16.9. The molecule has 2 N–H and O–H groups in total. The van der Waals surface area contributed by atoms with Crippen molar-refractivity contribution in [2.45, 2.75) is 6.61 Å². The van der Waals surface area contributed by atoms with Crippen LogP contribution in [0.3, 0.4) is 0 Å². The molecule has 2 aromatic carbocycles. The van der Waals surface area contributed by atoms with Gasteiger partial charge < -0.3 is 20.1 Å². The molecule has 3 rings (SSSR count). The maximum Gasteiger partial charge on any atom is 0.345 e. The van der Waals surface area contributed by atoms with Crippen LogP contribution in [0.25, 0.3) is 10.9 Å².